The molecule has 0 aromatic heterocycles. The van der Waals surface area contributed by atoms with Crippen LogP contribution in [0.15, 0.2) is 23.0 Å². The number of rotatable bonds is 3. The molecule has 0 bridgehead atoms. The summed E-state index contributed by atoms with van der Waals surface area (Å²) in [4.78, 5) is 29.0. The van der Waals surface area contributed by atoms with E-state index in [1.165, 1.54) is 6.92 Å². The van der Waals surface area contributed by atoms with Gasteiger partial charge >= 0.3 is 0 Å². The molecule has 0 fully saturated rings. The van der Waals surface area contributed by atoms with Gasteiger partial charge in [-0.15, -0.1) is 0 Å². The number of hydrogen-bond acceptors (Lipinski definition) is 6. The van der Waals surface area contributed by atoms with Gasteiger partial charge in [-0.2, -0.15) is 0 Å². The summed E-state index contributed by atoms with van der Waals surface area (Å²) in [7, 11) is 0. The number of nitrogens with zero attached hydrogens (tertiary/aromatic N) is 3. The van der Waals surface area contributed by atoms with Crippen molar-refractivity contribution in [2.24, 2.45) is 0 Å². The van der Waals surface area contributed by atoms with E-state index in [1.807, 2.05) is 0 Å². The summed E-state index contributed by atoms with van der Waals surface area (Å²) in [6.45, 7) is 1.20. The van der Waals surface area contributed by atoms with Crippen LogP contribution in [-0.2, 0) is 0 Å². The third kappa shape index (κ3) is 1.97. The lowest BCUT2D eigenvalue weighted by molar-refractivity contribution is -0.479. The lowest BCUT2D eigenvalue weighted by Gasteiger charge is -2.18. The normalized spacial score (nSPS) is 15.8. The van der Waals surface area contributed by atoms with Gasteiger partial charge < -0.3 is 0 Å². The van der Waals surface area contributed by atoms with E-state index in [9.17, 15) is 30.3 Å². The summed E-state index contributed by atoms with van der Waals surface area (Å²) >= 11 is 0. The molecule has 16 heavy (non-hydrogen) atoms. The fourth-order valence-electron chi connectivity index (χ4n) is 1.28. The second kappa shape index (κ2) is 3.96. The molecule has 0 saturated carbocycles. The van der Waals surface area contributed by atoms with Crippen LogP contribution in [0.3, 0.4) is 0 Å². The van der Waals surface area contributed by atoms with E-state index in [0.717, 1.165) is 6.08 Å². The van der Waals surface area contributed by atoms with Gasteiger partial charge in [-0.05, 0) is 16.8 Å². The fourth-order valence-corrected chi connectivity index (χ4v) is 1.28. The van der Waals surface area contributed by atoms with E-state index in [4.69, 9.17) is 0 Å². The van der Waals surface area contributed by atoms with Crippen molar-refractivity contribution in [1.29, 1.82) is 0 Å². The molecule has 0 heterocycles. The highest BCUT2D eigenvalue weighted by Gasteiger charge is 2.30. The zero-order chi connectivity index (χ0) is 12.5. The lowest BCUT2D eigenvalue weighted by Crippen LogP contribution is -2.20. The van der Waals surface area contributed by atoms with Crippen molar-refractivity contribution in [2.45, 2.75) is 13.3 Å². The van der Waals surface area contributed by atoms with Crippen molar-refractivity contribution in [1.82, 2.24) is 0 Å². The zero-order valence-electron chi connectivity index (χ0n) is 8.08. The van der Waals surface area contributed by atoms with Gasteiger partial charge in [0.15, 0.2) is 0 Å². The molecular formula is C7H6N3O6-. The molecule has 0 radical (unpaired) electrons. The first-order valence-corrected chi connectivity index (χ1v) is 4.05. The van der Waals surface area contributed by atoms with Crippen LogP contribution in [0.5, 0.6) is 0 Å². The molecule has 0 aliphatic heterocycles. The van der Waals surface area contributed by atoms with E-state index >= 15 is 0 Å². The molecule has 9 heteroatoms. The molecule has 0 spiro atoms. The summed E-state index contributed by atoms with van der Waals surface area (Å²) in [5, 5.41) is 31.6. The third-order valence-electron chi connectivity index (χ3n) is 2.12. The molecule has 0 N–H and O–H groups in total. The van der Waals surface area contributed by atoms with Crippen molar-refractivity contribution in [3.8, 4) is 0 Å². The van der Waals surface area contributed by atoms with E-state index in [-0.39, 0.29) is 5.57 Å². The van der Waals surface area contributed by atoms with Crippen LogP contribution in [0, 0.1) is 36.4 Å². The van der Waals surface area contributed by atoms with Gasteiger partial charge in [0.1, 0.15) is 11.7 Å². The highest BCUT2D eigenvalue weighted by atomic mass is 16.6. The second-order valence-electron chi connectivity index (χ2n) is 3.04. The summed E-state index contributed by atoms with van der Waals surface area (Å²) in [5.74, 6) is 0. The minimum atomic E-state index is -0.874. The van der Waals surface area contributed by atoms with Crippen LogP contribution in [-0.4, -0.2) is 14.8 Å². The van der Waals surface area contributed by atoms with Crippen LogP contribution in [0.25, 0.3) is 0 Å². The maximum atomic E-state index is 10.6. The van der Waals surface area contributed by atoms with Crippen LogP contribution in [0.2, 0.25) is 0 Å². The molecule has 1 rings (SSSR count). The van der Waals surface area contributed by atoms with Gasteiger partial charge in [-0.1, -0.05) is 6.08 Å². The average molecular weight is 228 g/mol. The van der Waals surface area contributed by atoms with Crippen LogP contribution in [0.4, 0.5) is 0 Å². The Morgan fingerprint density at radius 2 is 1.75 bits per heavy atom. The molecule has 0 aromatic carbocycles. The molecular weight excluding hydrogens is 222 g/mol. The molecule has 9 nitrogen and oxygen atoms in total. The van der Waals surface area contributed by atoms with Gasteiger partial charge in [0, 0.05) is 5.57 Å². The molecule has 1 aliphatic rings. The van der Waals surface area contributed by atoms with Crippen LogP contribution in [0.1, 0.15) is 13.3 Å². The van der Waals surface area contributed by atoms with Gasteiger partial charge in [0.2, 0.25) is 5.70 Å². The third-order valence-corrected chi connectivity index (χ3v) is 2.12. The summed E-state index contributed by atoms with van der Waals surface area (Å²) in [6, 6.07) is -0.552. The largest absolute Gasteiger partial charge is 0.277 e. The minimum Gasteiger partial charge on any atom is -0.277 e. The highest BCUT2D eigenvalue weighted by Crippen LogP contribution is 2.30. The van der Waals surface area contributed by atoms with Crippen molar-refractivity contribution < 1.29 is 14.8 Å². The van der Waals surface area contributed by atoms with Crippen LogP contribution >= 0.6 is 0 Å². The molecule has 0 atom stereocenters. The van der Waals surface area contributed by atoms with Crippen molar-refractivity contribution >= 4 is 0 Å². The summed E-state index contributed by atoms with van der Waals surface area (Å²) < 4.78 is 0. The quantitative estimate of drug-likeness (QED) is 0.400. The maximum absolute atomic E-state index is 10.6. The molecule has 0 aromatic rings. The molecule has 0 unspecified atom stereocenters. The summed E-state index contributed by atoms with van der Waals surface area (Å²) in [6.07, 6.45) is 0.242. The zero-order valence-corrected chi connectivity index (χ0v) is 8.08. The molecule has 0 amide bonds. The minimum absolute atomic E-state index is 0.152. The first-order valence-electron chi connectivity index (χ1n) is 4.05. The average Bonchev–Trinajstić information content (AvgIpc) is 2.16. The number of allylic oxidation sites excluding steroid dienone is 1. The summed E-state index contributed by atoms with van der Waals surface area (Å²) in [5.41, 5.74) is -1.27. The van der Waals surface area contributed by atoms with Crippen molar-refractivity contribution in [3.05, 3.63) is 59.4 Å². The Labute approximate surface area is 88.5 Å². The van der Waals surface area contributed by atoms with Crippen LogP contribution < -0.4 is 0 Å². The van der Waals surface area contributed by atoms with Gasteiger partial charge in [-0.25, -0.2) is 0 Å². The molecule has 86 valence electrons. The Kier molecular flexibility index (Phi) is 2.88. The SMILES string of the molecule is CC1=C([N+](=O)[O-])C[C-]([N+](=O)[O-])C=C1[N+](=O)[O-]. The Hall–Kier alpha value is -2.45. The van der Waals surface area contributed by atoms with Gasteiger partial charge in [0.25, 0.3) is 0 Å². The standard InChI is InChI=1S/C7H6N3O6/c1-4-6(9(13)14)2-5(8(11)12)3-7(4)10(15)16/h2H,3H2,1H3/q-1. The van der Waals surface area contributed by atoms with Crippen molar-refractivity contribution in [2.75, 3.05) is 0 Å². The Balaban J connectivity index is 3.25. The van der Waals surface area contributed by atoms with E-state index in [2.05, 4.69) is 0 Å². The van der Waals surface area contributed by atoms with E-state index < -0.39 is 38.6 Å². The van der Waals surface area contributed by atoms with E-state index in [0.29, 0.717) is 0 Å². The predicted molar refractivity (Wildman–Crippen MR) is 49.6 cm³/mol. The Morgan fingerprint density at radius 3 is 2.12 bits per heavy atom. The lowest BCUT2D eigenvalue weighted by atomic mass is 9.98. The topological polar surface area (TPSA) is 129 Å². The first-order chi connectivity index (χ1) is 7.34. The number of nitro groups is 3. The van der Waals surface area contributed by atoms with Gasteiger partial charge in [0.05, 0.1) is 11.3 Å². The maximum Gasteiger partial charge on any atom is 0.231 e. The highest BCUT2D eigenvalue weighted by molar-refractivity contribution is 5.35. The number of hydrogen-bond donors (Lipinski definition) is 0. The smallest absolute Gasteiger partial charge is 0.231 e. The van der Waals surface area contributed by atoms with E-state index in [1.54, 1.807) is 0 Å². The van der Waals surface area contributed by atoms with Crippen molar-refractivity contribution in [3.63, 3.8) is 0 Å². The second-order valence-corrected chi connectivity index (χ2v) is 3.04. The van der Waals surface area contributed by atoms with Gasteiger partial charge in [-0.3, -0.25) is 30.3 Å². The Bertz CT molecular complexity index is 437. The molecule has 0 saturated heterocycles. The predicted octanol–water partition coefficient (Wildman–Crippen LogP) is 0.910. The first kappa shape index (κ1) is 11.6. The fraction of sp³-hybridized carbons (Fsp3) is 0.286. The Morgan fingerprint density at radius 1 is 1.19 bits per heavy atom. The molecule has 1 aliphatic carbocycles. The monoisotopic (exact) mass is 228 g/mol.